The molecule has 5 heteroatoms. The second-order valence-corrected chi connectivity index (χ2v) is 5.28. The second kappa shape index (κ2) is 6.00. The number of ketones is 1. The zero-order valence-electron chi connectivity index (χ0n) is 11.3. The van der Waals surface area contributed by atoms with Gasteiger partial charge in [0.1, 0.15) is 5.60 Å². The van der Waals surface area contributed by atoms with Gasteiger partial charge in [0.15, 0.2) is 5.78 Å². The molecule has 0 saturated carbocycles. The molecule has 1 atom stereocenters. The van der Waals surface area contributed by atoms with Gasteiger partial charge in [-0.2, -0.15) is 0 Å². The minimum absolute atomic E-state index is 0.0981. The third-order valence-corrected chi connectivity index (χ3v) is 2.52. The van der Waals surface area contributed by atoms with Crippen LogP contribution in [0.5, 0.6) is 0 Å². The molecular weight excluding hydrogens is 234 g/mol. The molecule has 1 saturated heterocycles. The van der Waals surface area contributed by atoms with Crippen LogP contribution in [0.4, 0.5) is 4.79 Å². The molecule has 1 aliphatic heterocycles. The summed E-state index contributed by atoms with van der Waals surface area (Å²) >= 11 is 0. The monoisotopic (exact) mass is 255 g/mol. The molecule has 0 radical (unpaired) electrons. The van der Waals surface area contributed by atoms with E-state index in [1.807, 2.05) is 20.8 Å². The number of amides is 1. The summed E-state index contributed by atoms with van der Waals surface area (Å²) in [4.78, 5) is 25.0. The van der Waals surface area contributed by atoms with Gasteiger partial charge in [-0.05, 0) is 26.8 Å². The highest BCUT2D eigenvalue weighted by Crippen LogP contribution is 2.16. The van der Waals surface area contributed by atoms with Crippen molar-refractivity contribution in [2.75, 3.05) is 19.8 Å². The molecule has 0 aliphatic carbocycles. The van der Waals surface area contributed by atoms with Gasteiger partial charge < -0.3 is 14.4 Å². The Kier molecular flexibility index (Phi) is 4.90. The highest BCUT2D eigenvalue weighted by Gasteiger charge is 2.31. The molecule has 102 valence electrons. The highest BCUT2D eigenvalue weighted by atomic mass is 16.6. The lowest BCUT2D eigenvalue weighted by Crippen LogP contribution is -2.51. The van der Waals surface area contributed by atoms with Crippen molar-refractivity contribution >= 4 is 11.9 Å². The Morgan fingerprint density at radius 3 is 2.72 bits per heavy atom. The minimum Gasteiger partial charge on any atom is -0.444 e. The second-order valence-electron chi connectivity index (χ2n) is 5.28. The van der Waals surface area contributed by atoms with Crippen molar-refractivity contribution in [1.82, 2.24) is 4.90 Å². The summed E-state index contributed by atoms with van der Waals surface area (Å²) in [5.74, 6) is -0.0981. The predicted octanol–water partition coefficient (Wildman–Crippen LogP) is 1.77. The van der Waals surface area contributed by atoms with E-state index in [1.165, 1.54) is 6.08 Å². The number of morpholine rings is 1. The van der Waals surface area contributed by atoms with Crippen molar-refractivity contribution < 1.29 is 19.1 Å². The molecular formula is C13H21NO4. The molecule has 0 aromatic heterocycles. The molecule has 1 fully saturated rings. The molecule has 0 aromatic carbocycles. The van der Waals surface area contributed by atoms with E-state index in [0.717, 1.165) is 0 Å². The number of nitrogens with zero attached hydrogens (tertiary/aromatic N) is 1. The van der Waals surface area contributed by atoms with Crippen molar-refractivity contribution in [3.8, 4) is 0 Å². The quantitative estimate of drug-likeness (QED) is 0.721. The molecule has 1 amide bonds. The van der Waals surface area contributed by atoms with Crippen LogP contribution in [0.25, 0.3) is 0 Å². The van der Waals surface area contributed by atoms with E-state index in [2.05, 4.69) is 6.58 Å². The van der Waals surface area contributed by atoms with Gasteiger partial charge in [-0.1, -0.05) is 6.58 Å². The summed E-state index contributed by atoms with van der Waals surface area (Å²) < 4.78 is 10.6. The average Bonchev–Trinajstić information content (AvgIpc) is 2.27. The van der Waals surface area contributed by atoms with E-state index in [9.17, 15) is 9.59 Å². The molecule has 5 nitrogen and oxygen atoms in total. The zero-order valence-corrected chi connectivity index (χ0v) is 11.3. The molecule has 0 spiro atoms. The maximum Gasteiger partial charge on any atom is 0.410 e. The van der Waals surface area contributed by atoms with Crippen molar-refractivity contribution in [1.29, 1.82) is 0 Å². The van der Waals surface area contributed by atoms with E-state index < -0.39 is 11.7 Å². The van der Waals surface area contributed by atoms with Gasteiger partial charge in [-0.15, -0.1) is 0 Å². The fourth-order valence-electron chi connectivity index (χ4n) is 1.70. The fraction of sp³-hybridized carbons (Fsp3) is 0.692. The molecule has 1 rings (SSSR count). The molecule has 18 heavy (non-hydrogen) atoms. The Labute approximate surface area is 108 Å². The van der Waals surface area contributed by atoms with Gasteiger partial charge in [0.2, 0.25) is 0 Å². The maximum atomic E-state index is 12.0. The van der Waals surface area contributed by atoms with Crippen molar-refractivity contribution in [3.63, 3.8) is 0 Å². The fourth-order valence-corrected chi connectivity index (χ4v) is 1.70. The Hall–Kier alpha value is -1.36. The van der Waals surface area contributed by atoms with Gasteiger partial charge >= 0.3 is 6.09 Å². The topological polar surface area (TPSA) is 55.8 Å². The lowest BCUT2D eigenvalue weighted by molar-refractivity contribution is -0.117. The summed E-state index contributed by atoms with van der Waals surface area (Å²) in [6.07, 6.45) is 1.10. The van der Waals surface area contributed by atoms with E-state index >= 15 is 0 Å². The SMILES string of the molecule is C=CC(=O)CC1COCCN1C(=O)OC(C)(C)C. The van der Waals surface area contributed by atoms with Crippen molar-refractivity contribution in [2.45, 2.75) is 38.8 Å². The summed E-state index contributed by atoms with van der Waals surface area (Å²) in [5.41, 5.74) is -0.539. The van der Waals surface area contributed by atoms with Crippen LogP contribution in [-0.4, -0.2) is 48.2 Å². The smallest absolute Gasteiger partial charge is 0.410 e. The Balaban J connectivity index is 2.66. The van der Waals surface area contributed by atoms with E-state index in [1.54, 1.807) is 4.90 Å². The van der Waals surface area contributed by atoms with Crippen LogP contribution in [0.15, 0.2) is 12.7 Å². The number of carbonyl (C=O) groups excluding carboxylic acids is 2. The third kappa shape index (κ3) is 4.49. The first-order valence-electron chi connectivity index (χ1n) is 6.06. The molecule has 0 aromatic rings. The highest BCUT2D eigenvalue weighted by molar-refractivity contribution is 5.89. The number of ether oxygens (including phenoxy) is 2. The molecule has 1 unspecified atom stereocenters. The van der Waals surface area contributed by atoms with Crippen LogP contribution in [0.3, 0.4) is 0 Å². The lowest BCUT2D eigenvalue weighted by atomic mass is 10.1. The summed E-state index contributed by atoms with van der Waals surface area (Å²) in [6.45, 7) is 10.2. The molecule has 0 N–H and O–H groups in total. The number of rotatable bonds is 3. The third-order valence-electron chi connectivity index (χ3n) is 2.52. The minimum atomic E-state index is -0.539. The molecule has 0 bridgehead atoms. The van der Waals surface area contributed by atoms with Gasteiger partial charge in [-0.25, -0.2) is 4.79 Å². The summed E-state index contributed by atoms with van der Waals surface area (Å²) in [5, 5.41) is 0. The largest absolute Gasteiger partial charge is 0.444 e. The Morgan fingerprint density at radius 1 is 1.50 bits per heavy atom. The van der Waals surface area contributed by atoms with Crippen molar-refractivity contribution in [2.24, 2.45) is 0 Å². The number of allylic oxidation sites excluding steroid dienone is 1. The van der Waals surface area contributed by atoms with Gasteiger partial charge in [0.25, 0.3) is 0 Å². The normalized spacial score (nSPS) is 20.4. The lowest BCUT2D eigenvalue weighted by Gasteiger charge is -2.36. The first-order valence-corrected chi connectivity index (χ1v) is 6.06. The summed E-state index contributed by atoms with van der Waals surface area (Å²) in [6, 6.07) is -0.265. The predicted molar refractivity (Wildman–Crippen MR) is 67.4 cm³/mol. The van der Waals surface area contributed by atoms with Crippen LogP contribution in [-0.2, 0) is 14.3 Å². The Bertz CT molecular complexity index is 332. The van der Waals surface area contributed by atoms with Gasteiger partial charge in [0.05, 0.1) is 19.3 Å². The average molecular weight is 255 g/mol. The van der Waals surface area contributed by atoms with E-state index in [4.69, 9.17) is 9.47 Å². The molecule has 1 heterocycles. The number of hydrogen-bond donors (Lipinski definition) is 0. The maximum absolute atomic E-state index is 12.0. The van der Waals surface area contributed by atoms with Crippen LogP contribution in [0.2, 0.25) is 0 Å². The standard InChI is InChI=1S/C13H21NO4/c1-5-11(15)8-10-9-17-7-6-14(10)12(16)18-13(2,3)4/h5,10H,1,6-9H2,2-4H3. The molecule has 1 aliphatic rings. The zero-order chi connectivity index (χ0) is 13.8. The summed E-state index contributed by atoms with van der Waals surface area (Å²) in [7, 11) is 0. The first-order chi connectivity index (χ1) is 8.33. The number of hydrogen-bond acceptors (Lipinski definition) is 4. The number of carbonyl (C=O) groups is 2. The first kappa shape index (κ1) is 14.7. The van der Waals surface area contributed by atoms with E-state index in [0.29, 0.717) is 19.8 Å². The van der Waals surface area contributed by atoms with Gasteiger partial charge in [-0.3, -0.25) is 4.79 Å². The van der Waals surface area contributed by atoms with Crippen LogP contribution < -0.4 is 0 Å². The van der Waals surface area contributed by atoms with Crippen LogP contribution in [0.1, 0.15) is 27.2 Å². The Morgan fingerprint density at radius 2 is 2.17 bits per heavy atom. The van der Waals surface area contributed by atoms with Crippen molar-refractivity contribution in [3.05, 3.63) is 12.7 Å². The van der Waals surface area contributed by atoms with Crippen LogP contribution >= 0.6 is 0 Å². The van der Waals surface area contributed by atoms with E-state index in [-0.39, 0.29) is 18.2 Å². The van der Waals surface area contributed by atoms with Gasteiger partial charge in [0, 0.05) is 13.0 Å². The van der Waals surface area contributed by atoms with Crippen LogP contribution in [0, 0.1) is 0 Å².